The molecule has 118 valence electrons. The van der Waals surface area contributed by atoms with Gasteiger partial charge in [0.1, 0.15) is 6.04 Å². The van der Waals surface area contributed by atoms with Gasteiger partial charge < -0.3 is 0 Å². The first-order valence-corrected chi connectivity index (χ1v) is 8.46. The van der Waals surface area contributed by atoms with Crippen molar-refractivity contribution in [3.63, 3.8) is 0 Å². The smallest absolute Gasteiger partial charge is 0.249 e. The molecular formula is C17H17N3O2S. The van der Waals surface area contributed by atoms with Crippen LogP contribution in [0, 0.1) is 5.92 Å². The van der Waals surface area contributed by atoms with Gasteiger partial charge in [-0.05, 0) is 17.0 Å². The summed E-state index contributed by atoms with van der Waals surface area (Å²) in [6.07, 6.45) is 0. The summed E-state index contributed by atoms with van der Waals surface area (Å²) in [6.45, 7) is 0.344. The van der Waals surface area contributed by atoms with Crippen LogP contribution in [-0.4, -0.2) is 34.8 Å². The number of hydrazine groups is 1. The fraction of sp³-hybridized carbons (Fsp3) is 0.294. The van der Waals surface area contributed by atoms with Crippen molar-refractivity contribution in [2.45, 2.75) is 18.6 Å². The third-order valence-corrected chi connectivity index (χ3v) is 5.52. The van der Waals surface area contributed by atoms with E-state index in [1.165, 1.54) is 4.90 Å². The van der Waals surface area contributed by atoms with Gasteiger partial charge in [0.05, 0.1) is 18.5 Å². The van der Waals surface area contributed by atoms with E-state index >= 15 is 0 Å². The highest BCUT2D eigenvalue weighted by molar-refractivity contribution is 7.10. The third kappa shape index (κ3) is 2.30. The average Bonchev–Trinajstić information content (AvgIpc) is 3.24. The lowest BCUT2D eigenvalue weighted by Crippen LogP contribution is -2.42. The Labute approximate surface area is 138 Å². The normalized spacial score (nSPS) is 27.7. The van der Waals surface area contributed by atoms with E-state index in [0.29, 0.717) is 6.54 Å². The Hall–Kier alpha value is -2.02. The third-order valence-electron chi connectivity index (χ3n) is 4.56. The minimum absolute atomic E-state index is 0.0842. The number of amides is 2. The molecule has 1 N–H and O–H groups in total. The molecule has 3 atom stereocenters. The quantitative estimate of drug-likeness (QED) is 0.874. The van der Waals surface area contributed by atoms with Gasteiger partial charge in [0.15, 0.2) is 0 Å². The number of nitrogens with one attached hydrogen (secondary N) is 1. The lowest BCUT2D eigenvalue weighted by atomic mass is 9.95. The number of rotatable bonds is 3. The van der Waals surface area contributed by atoms with E-state index in [2.05, 4.69) is 5.43 Å². The molecule has 1 aromatic heterocycles. The van der Waals surface area contributed by atoms with Crippen molar-refractivity contribution >= 4 is 23.2 Å². The predicted molar refractivity (Wildman–Crippen MR) is 87.2 cm³/mol. The number of thiophene rings is 1. The number of carbonyl (C=O) groups excluding carboxylic acids is 2. The number of likely N-dealkylation sites (tertiary alicyclic amines) is 1. The summed E-state index contributed by atoms with van der Waals surface area (Å²) in [6, 6.07) is 13.1. The van der Waals surface area contributed by atoms with Crippen LogP contribution in [0.4, 0.5) is 0 Å². The van der Waals surface area contributed by atoms with Gasteiger partial charge in [0.25, 0.3) is 0 Å². The Morgan fingerprint density at radius 2 is 1.87 bits per heavy atom. The molecule has 4 rings (SSSR count). The van der Waals surface area contributed by atoms with E-state index in [-0.39, 0.29) is 23.8 Å². The molecule has 23 heavy (non-hydrogen) atoms. The van der Waals surface area contributed by atoms with Crippen molar-refractivity contribution in [3.05, 3.63) is 58.3 Å². The number of carbonyl (C=O) groups is 2. The van der Waals surface area contributed by atoms with Gasteiger partial charge in [-0.2, -0.15) is 0 Å². The van der Waals surface area contributed by atoms with Gasteiger partial charge in [-0.3, -0.25) is 14.5 Å². The molecule has 5 nitrogen and oxygen atoms in total. The van der Waals surface area contributed by atoms with Crippen molar-refractivity contribution in [2.24, 2.45) is 5.92 Å². The van der Waals surface area contributed by atoms with Gasteiger partial charge in [-0.1, -0.05) is 36.4 Å². The number of benzene rings is 1. The molecule has 2 saturated heterocycles. The molecule has 6 heteroatoms. The largest absolute Gasteiger partial charge is 0.276 e. The summed E-state index contributed by atoms with van der Waals surface area (Å²) in [5.41, 5.74) is 4.25. The minimum Gasteiger partial charge on any atom is -0.276 e. The first-order chi connectivity index (χ1) is 11.2. The summed E-state index contributed by atoms with van der Waals surface area (Å²) >= 11 is 1.61. The van der Waals surface area contributed by atoms with Crippen LogP contribution in [0.1, 0.15) is 16.5 Å². The highest BCUT2D eigenvalue weighted by Gasteiger charge is 2.57. The molecule has 2 fully saturated rings. The van der Waals surface area contributed by atoms with E-state index < -0.39 is 6.04 Å². The van der Waals surface area contributed by atoms with Crippen LogP contribution in [0.3, 0.4) is 0 Å². The van der Waals surface area contributed by atoms with Crippen LogP contribution < -0.4 is 5.43 Å². The molecule has 1 aromatic carbocycles. The summed E-state index contributed by atoms with van der Waals surface area (Å²) in [4.78, 5) is 28.1. The fourth-order valence-electron chi connectivity index (χ4n) is 3.48. The van der Waals surface area contributed by atoms with E-state index in [9.17, 15) is 9.59 Å². The Morgan fingerprint density at radius 1 is 1.09 bits per heavy atom. The summed E-state index contributed by atoms with van der Waals surface area (Å²) in [7, 11) is 1.84. The standard InChI is InChI=1S/C17H17N3O2S/c1-19-15-13(14(18-19)12-8-5-9-23-12)16(21)20(17(15)22)10-11-6-3-2-4-7-11/h2-9,13-15,18H,10H2,1H3/t13-,14-,15+/m0/s1. The zero-order valence-electron chi connectivity index (χ0n) is 12.7. The van der Waals surface area contributed by atoms with Crippen molar-refractivity contribution in [1.29, 1.82) is 0 Å². The zero-order chi connectivity index (χ0) is 16.0. The maximum absolute atomic E-state index is 12.9. The van der Waals surface area contributed by atoms with Gasteiger partial charge in [0, 0.05) is 11.9 Å². The monoisotopic (exact) mass is 327 g/mol. The van der Waals surface area contributed by atoms with Crippen LogP contribution in [0.5, 0.6) is 0 Å². The van der Waals surface area contributed by atoms with E-state index in [1.54, 1.807) is 16.3 Å². The van der Waals surface area contributed by atoms with Crippen molar-refractivity contribution in [1.82, 2.24) is 15.3 Å². The van der Waals surface area contributed by atoms with Gasteiger partial charge in [-0.15, -0.1) is 11.3 Å². The highest BCUT2D eigenvalue weighted by Crippen LogP contribution is 2.41. The summed E-state index contributed by atoms with van der Waals surface area (Å²) in [5.74, 6) is -0.549. The SMILES string of the molecule is CN1N[C@@H](c2cccs2)[C@@H]2C(=O)N(Cc3ccccc3)C(=O)[C@@H]21. The Balaban J connectivity index is 1.64. The lowest BCUT2D eigenvalue weighted by molar-refractivity contribution is -0.142. The van der Waals surface area contributed by atoms with Crippen LogP contribution in [0.25, 0.3) is 0 Å². The molecular weight excluding hydrogens is 310 g/mol. The molecule has 0 saturated carbocycles. The minimum atomic E-state index is -0.418. The number of fused-ring (bicyclic) bond motifs is 1. The van der Waals surface area contributed by atoms with Crippen LogP contribution in [-0.2, 0) is 16.1 Å². The average molecular weight is 327 g/mol. The van der Waals surface area contributed by atoms with Crippen LogP contribution in [0.15, 0.2) is 47.8 Å². The number of hydrogen-bond acceptors (Lipinski definition) is 5. The molecule has 0 radical (unpaired) electrons. The molecule has 2 aromatic rings. The Bertz CT molecular complexity index is 732. The second-order valence-electron chi connectivity index (χ2n) is 5.95. The summed E-state index contributed by atoms with van der Waals surface area (Å²) in [5, 5.41) is 3.79. The molecule has 0 aliphatic carbocycles. The van der Waals surface area contributed by atoms with Gasteiger partial charge in [0.2, 0.25) is 11.8 Å². The fourth-order valence-corrected chi connectivity index (χ4v) is 4.30. The van der Waals surface area contributed by atoms with Crippen molar-refractivity contribution in [3.8, 4) is 0 Å². The first kappa shape index (κ1) is 14.6. The molecule has 0 unspecified atom stereocenters. The number of imide groups is 1. The van der Waals surface area contributed by atoms with E-state index in [0.717, 1.165) is 10.4 Å². The lowest BCUT2D eigenvalue weighted by Gasteiger charge is -2.21. The molecule has 0 spiro atoms. The van der Waals surface area contributed by atoms with E-state index in [1.807, 2.05) is 54.9 Å². The highest BCUT2D eigenvalue weighted by atomic mass is 32.1. The van der Waals surface area contributed by atoms with Crippen LogP contribution >= 0.6 is 11.3 Å². The van der Waals surface area contributed by atoms with Crippen molar-refractivity contribution in [2.75, 3.05) is 7.05 Å². The molecule has 0 bridgehead atoms. The topological polar surface area (TPSA) is 52.7 Å². The van der Waals surface area contributed by atoms with E-state index in [4.69, 9.17) is 0 Å². The van der Waals surface area contributed by atoms with Crippen molar-refractivity contribution < 1.29 is 9.59 Å². The number of likely N-dealkylation sites (N-methyl/N-ethyl adjacent to an activating group) is 1. The van der Waals surface area contributed by atoms with Gasteiger partial charge in [-0.25, -0.2) is 10.4 Å². The Morgan fingerprint density at radius 3 is 2.57 bits per heavy atom. The van der Waals surface area contributed by atoms with Gasteiger partial charge >= 0.3 is 0 Å². The molecule has 2 aliphatic rings. The van der Waals surface area contributed by atoms with Crippen LogP contribution in [0.2, 0.25) is 0 Å². The predicted octanol–water partition coefficient (Wildman–Crippen LogP) is 1.79. The zero-order valence-corrected chi connectivity index (χ0v) is 13.5. The Kier molecular flexibility index (Phi) is 3.52. The molecule has 2 amide bonds. The molecule has 2 aliphatic heterocycles. The maximum Gasteiger partial charge on any atom is 0.249 e. The second-order valence-corrected chi connectivity index (χ2v) is 6.93. The number of nitrogens with zero attached hydrogens (tertiary/aromatic N) is 2. The number of hydrogen-bond donors (Lipinski definition) is 1. The first-order valence-electron chi connectivity index (χ1n) is 7.58. The maximum atomic E-state index is 12.9. The molecule has 3 heterocycles. The summed E-state index contributed by atoms with van der Waals surface area (Å²) < 4.78 is 0. The second kappa shape index (κ2) is 5.56.